The fraction of sp³-hybridized carbons (Fsp3) is 0.368. The van der Waals surface area contributed by atoms with Crippen LogP contribution < -0.4 is 15.6 Å². The summed E-state index contributed by atoms with van der Waals surface area (Å²) in [6.07, 6.45) is 4.47. The average molecular weight is 391 g/mol. The Morgan fingerprint density at radius 2 is 1.92 bits per heavy atom. The zero-order valence-electron chi connectivity index (χ0n) is 14.7. The first-order valence-electron chi connectivity index (χ1n) is 8.72. The van der Waals surface area contributed by atoms with Crippen LogP contribution in [0.4, 0.5) is 0 Å². The summed E-state index contributed by atoms with van der Waals surface area (Å²) in [7, 11) is 0. The molecular formula is C19H22N2O3S2. The van der Waals surface area contributed by atoms with Crippen LogP contribution in [-0.4, -0.2) is 24.2 Å². The van der Waals surface area contributed by atoms with Crippen LogP contribution in [0.15, 0.2) is 35.2 Å². The summed E-state index contributed by atoms with van der Waals surface area (Å²) < 4.78 is 5.39. The molecule has 0 bridgehead atoms. The molecule has 1 aliphatic carbocycles. The van der Waals surface area contributed by atoms with E-state index in [1.165, 1.54) is 46.4 Å². The van der Waals surface area contributed by atoms with Crippen LogP contribution in [0.5, 0.6) is 5.75 Å². The highest BCUT2D eigenvalue weighted by Gasteiger charge is 2.17. The normalized spacial score (nSPS) is 13.0. The quantitative estimate of drug-likeness (QED) is 0.584. The van der Waals surface area contributed by atoms with Crippen molar-refractivity contribution in [1.29, 1.82) is 0 Å². The van der Waals surface area contributed by atoms with Crippen molar-refractivity contribution in [2.45, 2.75) is 37.5 Å². The third-order valence-electron chi connectivity index (χ3n) is 4.04. The van der Waals surface area contributed by atoms with E-state index in [4.69, 9.17) is 4.74 Å². The molecule has 5 nitrogen and oxygen atoms in total. The summed E-state index contributed by atoms with van der Waals surface area (Å²) in [5.41, 5.74) is 6.28. The maximum absolute atomic E-state index is 12.2. The number of nitrogens with one attached hydrogen (secondary N) is 2. The van der Waals surface area contributed by atoms with E-state index in [-0.39, 0.29) is 17.6 Å². The Balaban J connectivity index is 1.43. The monoisotopic (exact) mass is 390 g/mol. The Morgan fingerprint density at radius 1 is 1.15 bits per heavy atom. The Labute approximate surface area is 161 Å². The van der Waals surface area contributed by atoms with Gasteiger partial charge in [0.05, 0.1) is 17.2 Å². The zero-order valence-corrected chi connectivity index (χ0v) is 16.3. The molecule has 2 aromatic rings. The van der Waals surface area contributed by atoms with E-state index in [0.717, 1.165) is 23.5 Å². The average Bonchev–Trinajstić information content (AvgIpc) is 3.10. The number of hydrazine groups is 1. The highest BCUT2D eigenvalue weighted by Crippen LogP contribution is 2.29. The number of amides is 2. The van der Waals surface area contributed by atoms with Gasteiger partial charge in [-0.2, -0.15) is 0 Å². The minimum absolute atomic E-state index is 0.231. The standard InChI is InChI=1S/C19H22N2O3S2/c1-2-24-14-7-9-15(10-8-14)25-12-18(22)20-21-19(23)17-11-13-5-3-4-6-16(13)26-17/h7-11H,2-6,12H2,1H3,(H,20,22)(H,21,23). The van der Waals surface area contributed by atoms with Crippen molar-refractivity contribution in [3.63, 3.8) is 0 Å². The first-order chi connectivity index (χ1) is 12.7. The lowest BCUT2D eigenvalue weighted by Crippen LogP contribution is -2.42. The molecule has 3 rings (SSSR count). The van der Waals surface area contributed by atoms with Gasteiger partial charge < -0.3 is 4.74 Å². The van der Waals surface area contributed by atoms with Crippen LogP contribution in [-0.2, 0) is 17.6 Å². The van der Waals surface area contributed by atoms with Crippen LogP contribution in [0.1, 0.15) is 39.9 Å². The summed E-state index contributed by atoms with van der Waals surface area (Å²) in [5.74, 6) is 0.560. The molecule has 0 saturated heterocycles. The number of thioether (sulfide) groups is 1. The van der Waals surface area contributed by atoms with Crippen LogP contribution >= 0.6 is 23.1 Å². The van der Waals surface area contributed by atoms with E-state index < -0.39 is 0 Å². The molecule has 2 N–H and O–H groups in total. The van der Waals surface area contributed by atoms with E-state index in [9.17, 15) is 9.59 Å². The van der Waals surface area contributed by atoms with E-state index in [2.05, 4.69) is 10.9 Å². The van der Waals surface area contributed by atoms with E-state index >= 15 is 0 Å². The number of aryl methyl sites for hydroxylation is 2. The number of fused-ring (bicyclic) bond motifs is 1. The second-order valence-electron chi connectivity index (χ2n) is 5.96. The zero-order chi connectivity index (χ0) is 18.4. The number of rotatable bonds is 6. The molecule has 0 fully saturated rings. The molecule has 7 heteroatoms. The van der Waals surface area contributed by atoms with E-state index in [1.54, 1.807) is 0 Å². The van der Waals surface area contributed by atoms with Gasteiger partial charge in [0, 0.05) is 9.77 Å². The summed E-state index contributed by atoms with van der Waals surface area (Å²) in [6, 6.07) is 9.54. The fourth-order valence-corrected chi connectivity index (χ4v) is 4.62. The van der Waals surface area contributed by atoms with Crippen molar-refractivity contribution < 1.29 is 14.3 Å². The molecule has 0 radical (unpaired) electrons. The smallest absolute Gasteiger partial charge is 0.279 e. The van der Waals surface area contributed by atoms with Gasteiger partial charge in [0.15, 0.2) is 0 Å². The number of ether oxygens (including phenoxy) is 1. The molecular weight excluding hydrogens is 368 g/mol. The van der Waals surface area contributed by atoms with Gasteiger partial charge in [-0.05, 0) is 68.5 Å². The number of thiophene rings is 1. The van der Waals surface area contributed by atoms with Gasteiger partial charge in [-0.15, -0.1) is 23.1 Å². The topological polar surface area (TPSA) is 67.4 Å². The molecule has 1 heterocycles. The Morgan fingerprint density at radius 3 is 2.65 bits per heavy atom. The summed E-state index contributed by atoms with van der Waals surface area (Å²) in [4.78, 5) is 27.1. The van der Waals surface area contributed by atoms with E-state index in [1.807, 2.05) is 37.3 Å². The molecule has 1 aromatic carbocycles. The SMILES string of the molecule is CCOc1ccc(SCC(=O)NNC(=O)c2cc3c(s2)CCCC3)cc1. The van der Waals surface area contributed by atoms with Crippen molar-refractivity contribution in [3.05, 3.63) is 45.6 Å². The predicted molar refractivity (Wildman–Crippen MR) is 105 cm³/mol. The summed E-state index contributed by atoms with van der Waals surface area (Å²) >= 11 is 2.94. The number of benzene rings is 1. The lowest BCUT2D eigenvalue weighted by Gasteiger charge is -2.08. The predicted octanol–water partition coefficient (Wildman–Crippen LogP) is 3.58. The van der Waals surface area contributed by atoms with Crippen LogP contribution in [0, 0.1) is 0 Å². The first kappa shape index (κ1) is 18.8. The van der Waals surface area contributed by atoms with Gasteiger partial charge in [-0.1, -0.05) is 0 Å². The second-order valence-corrected chi connectivity index (χ2v) is 8.15. The number of hydrogen-bond acceptors (Lipinski definition) is 5. The van der Waals surface area contributed by atoms with Crippen molar-refractivity contribution >= 4 is 34.9 Å². The highest BCUT2D eigenvalue weighted by molar-refractivity contribution is 8.00. The molecule has 1 aromatic heterocycles. The number of carbonyl (C=O) groups is 2. The maximum atomic E-state index is 12.2. The van der Waals surface area contributed by atoms with Crippen LogP contribution in [0.3, 0.4) is 0 Å². The van der Waals surface area contributed by atoms with Gasteiger partial charge in [0.25, 0.3) is 5.91 Å². The molecule has 2 amide bonds. The van der Waals surface area contributed by atoms with Gasteiger partial charge in [0.1, 0.15) is 5.75 Å². The molecule has 0 saturated carbocycles. The maximum Gasteiger partial charge on any atom is 0.279 e. The van der Waals surface area contributed by atoms with Crippen molar-refractivity contribution in [2.75, 3.05) is 12.4 Å². The Kier molecular flexibility index (Phi) is 6.57. The minimum atomic E-state index is -0.246. The van der Waals surface area contributed by atoms with Gasteiger partial charge in [0.2, 0.25) is 5.91 Å². The summed E-state index contributed by atoms with van der Waals surface area (Å²) in [5, 5.41) is 0. The van der Waals surface area contributed by atoms with Gasteiger partial charge in [-0.25, -0.2) is 0 Å². The van der Waals surface area contributed by atoms with Crippen molar-refractivity contribution in [3.8, 4) is 5.75 Å². The lowest BCUT2D eigenvalue weighted by molar-refractivity contribution is -0.119. The molecule has 0 aliphatic heterocycles. The van der Waals surface area contributed by atoms with Crippen molar-refractivity contribution in [2.24, 2.45) is 0 Å². The van der Waals surface area contributed by atoms with E-state index in [0.29, 0.717) is 11.5 Å². The molecule has 0 atom stereocenters. The summed E-state index contributed by atoms with van der Waals surface area (Å²) in [6.45, 7) is 2.56. The van der Waals surface area contributed by atoms with Gasteiger partial charge in [-0.3, -0.25) is 20.4 Å². The highest BCUT2D eigenvalue weighted by atomic mass is 32.2. The van der Waals surface area contributed by atoms with Crippen LogP contribution in [0.2, 0.25) is 0 Å². The molecule has 138 valence electrons. The Hall–Kier alpha value is -1.99. The Bertz CT molecular complexity index is 748. The third kappa shape index (κ3) is 5.02. The van der Waals surface area contributed by atoms with Crippen LogP contribution in [0.25, 0.3) is 0 Å². The number of carbonyl (C=O) groups excluding carboxylic acids is 2. The fourth-order valence-electron chi connectivity index (χ4n) is 2.77. The lowest BCUT2D eigenvalue weighted by atomic mass is 9.99. The minimum Gasteiger partial charge on any atom is -0.494 e. The van der Waals surface area contributed by atoms with Crippen molar-refractivity contribution in [1.82, 2.24) is 10.9 Å². The largest absolute Gasteiger partial charge is 0.494 e. The molecule has 0 unspecified atom stereocenters. The van der Waals surface area contributed by atoms with Gasteiger partial charge >= 0.3 is 0 Å². The first-order valence-corrected chi connectivity index (χ1v) is 10.5. The molecule has 26 heavy (non-hydrogen) atoms. The molecule has 1 aliphatic rings. The number of hydrogen-bond donors (Lipinski definition) is 2. The third-order valence-corrected chi connectivity index (χ3v) is 6.29. The molecule has 0 spiro atoms. The second kappa shape index (κ2) is 9.09.